The lowest BCUT2D eigenvalue weighted by atomic mass is 10.0. The standard InChI is InChI=1S/C12H16F3NO3S/c1-3-4-12(2,17)7-16-20(18,19)11-9(14)5-8(13)6-10(11)15/h5-6,16-17H,3-4,7H2,1-2H3. The molecule has 0 aliphatic heterocycles. The number of hydrogen-bond donors (Lipinski definition) is 2. The highest BCUT2D eigenvalue weighted by atomic mass is 32.2. The highest BCUT2D eigenvalue weighted by Gasteiger charge is 2.28. The van der Waals surface area contributed by atoms with Gasteiger partial charge in [0.05, 0.1) is 5.60 Å². The number of aliphatic hydroxyl groups is 1. The van der Waals surface area contributed by atoms with Crippen molar-refractivity contribution in [2.24, 2.45) is 0 Å². The van der Waals surface area contributed by atoms with Crippen molar-refractivity contribution in [3.8, 4) is 0 Å². The highest BCUT2D eigenvalue weighted by Crippen LogP contribution is 2.20. The fraction of sp³-hybridized carbons (Fsp3) is 0.500. The van der Waals surface area contributed by atoms with E-state index in [-0.39, 0.29) is 12.1 Å². The Morgan fingerprint density at radius 1 is 1.25 bits per heavy atom. The molecule has 0 saturated carbocycles. The number of sulfonamides is 1. The van der Waals surface area contributed by atoms with Gasteiger partial charge >= 0.3 is 0 Å². The summed E-state index contributed by atoms with van der Waals surface area (Å²) in [7, 11) is -4.52. The summed E-state index contributed by atoms with van der Waals surface area (Å²) in [5.41, 5.74) is -1.34. The quantitative estimate of drug-likeness (QED) is 0.843. The number of halogens is 3. The third-order valence-corrected chi connectivity index (χ3v) is 4.12. The van der Waals surface area contributed by atoms with Gasteiger partial charge in [0.1, 0.15) is 17.5 Å². The number of nitrogens with one attached hydrogen (secondary N) is 1. The van der Waals surface area contributed by atoms with Crippen LogP contribution in [-0.2, 0) is 10.0 Å². The van der Waals surface area contributed by atoms with Crippen molar-refractivity contribution < 1.29 is 26.7 Å². The van der Waals surface area contributed by atoms with Crippen LogP contribution in [0, 0.1) is 17.5 Å². The molecular formula is C12H16F3NO3S. The summed E-state index contributed by atoms with van der Waals surface area (Å²) in [6, 6.07) is 0.559. The first-order valence-corrected chi connectivity index (χ1v) is 7.44. The molecule has 0 heterocycles. The Morgan fingerprint density at radius 3 is 2.20 bits per heavy atom. The Bertz CT molecular complexity index is 565. The molecule has 0 saturated heterocycles. The third kappa shape index (κ3) is 4.19. The zero-order valence-corrected chi connectivity index (χ0v) is 11.9. The van der Waals surface area contributed by atoms with Gasteiger partial charge in [0.2, 0.25) is 10.0 Å². The van der Waals surface area contributed by atoms with E-state index in [2.05, 4.69) is 0 Å². The fourth-order valence-electron chi connectivity index (χ4n) is 1.74. The number of hydrogen-bond acceptors (Lipinski definition) is 3. The van der Waals surface area contributed by atoms with Crippen LogP contribution < -0.4 is 4.72 Å². The average Bonchev–Trinajstić information content (AvgIpc) is 2.24. The van der Waals surface area contributed by atoms with Gasteiger partial charge in [-0.25, -0.2) is 26.3 Å². The smallest absolute Gasteiger partial charge is 0.246 e. The first kappa shape index (κ1) is 16.9. The van der Waals surface area contributed by atoms with Crippen LogP contribution >= 0.6 is 0 Å². The summed E-state index contributed by atoms with van der Waals surface area (Å²) < 4.78 is 65.1. The molecule has 2 N–H and O–H groups in total. The monoisotopic (exact) mass is 311 g/mol. The lowest BCUT2D eigenvalue weighted by Crippen LogP contribution is -2.40. The lowest BCUT2D eigenvalue weighted by Gasteiger charge is -2.23. The molecule has 0 aromatic heterocycles. The molecule has 0 aliphatic rings. The maximum atomic E-state index is 13.4. The van der Waals surface area contributed by atoms with Crippen molar-refractivity contribution in [2.75, 3.05) is 6.54 Å². The molecule has 0 aliphatic carbocycles. The third-order valence-electron chi connectivity index (χ3n) is 2.66. The van der Waals surface area contributed by atoms with Crippen LogP contribution in [0.3, 0.4) is 0 Å². The molecule has 1 aromatic rings. The predicted octanol–water partition coefficient (Wildman–Crippen LogP) is 1.93. The van der Waals surface area contributed by atoms with Gasteiger partial charge in [0, 0.05) is 18.7 Å². The van der Waals surface area contributed by atoms with E-state index in [0.717, 1.165) is 0 Å². The minimum absolute atomic E-state index is 0.280. The molecule has 0 bridgehead atoms. The topological polar surface area (TPSA) is 66.4 Å². The van der Waals surface area contributed by atoms with Gasteiger partial charge in [-0.2, -0.15) is 0 Å². The molecular weight excluding hydrogens is 295 g/mol. The maximum absolute atomic E-state index is 13.4. The second kappa shape index (κ2) is 6.11. The van der Waals surface area contributed by atoms with Crippen LogP contribution in [0.1, 0.15) is 26.7 Å². The summed E-state index contributed by atoms with van der Waals surface area (Å²) in [5, 5.41) is 9.83. The maximum Gasteiger partial charge on any atom is 0.246 e. The van der Waals surface area contributed by atoms with Crippen LogP contribution in [0.4, 0.5) is 13.2 Å². The van der Waals surface area contributed by atoms with Gasteiger partial charge < -0.3 is 5.11 Å². The van der Waals surface area contributed by atoms with Crippen LogP contribution in [0.5, 0.6) is 0 Å². The van der Waals surface area contributed by atoms with Crippen molar-refractivity contribution in [1.82, 2.24) is 4.72 Å². The van der Waals surface area contributed by atoms with E-state index in [1.807, 2.05) is 4.72 Å². The zero-order valence-electron chi connectivity index (χ0n) is 11.1. The molecule has 1 rings (SSSR count). The van der Waals surface area contributed by atoms with E-state index in [1.54, 1.807) is 6.92 Å². The summed E-state index contributed by atoms with van der Waals surface area (Å²) >= 11 is 0. The molecule has 0 amide bonds. The Hall–Kier alpha value is -1.12. The van der Waals surface area contributed by atoms with E-state index >= 15 is 0 Å². The number of benzene rings is 1. The van der Waals surface area contributed by atoms with Crippen molar-refractivity contribution >= 4 is 10.0 Å². The minimum atomic E-state index is -4.52. The van der Waals surface area contributed by atoms with Gasteiger partial charge in [-0.05, 0) is 13.3 Å². The van der Waals surface area contributed by atoms with Gasteiger partial charge in [-0.15, -0.1) is 0 Å². The zero-order chi connectivity index (χ0) is 15.6. The van der Waals surface area contributed by atoms with Gasteiger partial charge in [-0.3, -0.25) is 0 Å². The molecule has 0 fully saturated rings. The highest BCUT2D eigenvalue weighted by molar-refractivity contribution is 7.89. The van der Waals surface area contributed by atoms with E-state index in [1.165, 1.54) is 6.92 Å². The van der Waals surface area contributed by atoms with Gasteiger partial charge in [0.25, 0.3) is 0 Å². The summed E-state index contributed by atoms with van der Waals surface area (Å²) in [4.78, 5) is -1.26. The molecule has 0 spiro atoms. The fourth-order valence-corrected chi connectivity index (χ4v) is 3.01. The van der Waals surface area contributed by atoms with E-state index in [9.17, 15) is 26.7 Å². The van der Waals surface area contributed by atoms with E-state index in [4.69, 9.17) is 0 Å². The van der Waals surface area contributed by atoms with E-state index < -0.39 is 44.5 Å². The van der Waals surface area contributed by atoms with Crippen LogP contribution in [0.25, 0.3) is 0 Å². The summed E-state index contributed by atoms with van der Waals surface area (Å²) in [5.74, 6) is -4.26. The van der Waals surface area contributed by atoms with Crippen molar-refractivity contribution in [2.45, 2.75) is 37.2 Å². The normalized spacial score (nSPS) is 15.1. The van der Waals surface area contributed by atoms with Gasteiger partial charge in [-0.1, -0.05) is 13.3 Å². The van der Waals surface area contributed by atoms with Crippen LogP contribution in [0.2, 0.25) is 0 Å². The lowest BCUT2D eigenvalue weighted by molar-refractivity contribution is 0.0554. The molecule has 8 heteroatoms. The van der Waals surface area contributed by atoms with Crippen LogP contribution in [-0.4, -0.2) is 25.7 Å². The molecule has 20 heavy (non-hydrogen) atoms. The molecule has 114 valence electrons. The van der Waals surface area contributed by atoms with Crippen LogP contribution in [0.15, 0.2) is 17.0 Å². The molecule has 4 nitrogen and oxygen atoms in total. The Morgan fingerprint density at radius 2 is 1.75 bits per heavy atom. The summed E-state index contributed by atoms with van der Waals surface area (Å²) in [6.45, 7) is 2.79. The second-order valence-corrected chi connectivity index (χ2v) is 6.47. The average molecular weight is 311 g/mol. The second-order valence-electron chi connectivity index (χ2n) is 4.77. The molecule has 1 unspecified atom stereocenters. The number of rotatable bonds is 6. The van der Waals surface area contributed by atoms with Gasteiger partial charge in [0.15, 0.2) is 4.90 Å². The first-order chi connectivity index (χ1) is 9.09. The first-order valence-electron chi connectivity index (χ1n) is 5.95. The molecule has 1 atom stereocenters. The molecule has 1 aromatic carbocycles. The molecule has 0 radical (unpaired) electrons. The minimum Gasteiger partial charge on any atom is -0.389 e. The summed E-state index contributed by atoms with van der Waals surface area (Å²) in [6.07, 6.45) is 0.915. The Labute approximate surface area is 115 Å². The Balaban J connectivity index is 3.01. The van der Waals surface area contributed by atoms with Crippen molar-refractivity contribution in [3.05, 3.63) is 29.6 Å². The Kier molecular flexibility index (Phi) is 5.17. The van der Waals surface area contributed by atoms with Crippen molar-refractivity contribution in [3.63, 3.8) is 0 Å². The van der Waals surface area contributed by atoms with Crippen molar-refractivity contribution in [1.29, 1.82) is 0 Å². The van der Waals surface area contributed by atoms with E-state index in [0.29, 0.717) is 12.8 Å². The predicted molar refractivity (Wildman–Crippen MR) is 67.0 cm³/mol. The largest absolute Gasteiger partial charge is 0.389 e. The SMILES string of the molecule is CCCC(C)(O)CNS(=O)(=O)c1c(F)cc(F)cc1F.